The standard InChI is InChI=1S/C11H21NO3/c1-9(2)7-10(8-11(13)14)12-3-5-15-6-4-12/h9-10H,3-8H2,1-2H3,(H,13,14). The van der Waals surface area contributed by atoms with Gasteiger partial charge >= 0.3 is 5.97 Å². The van der Waals surface area contributed by atoms with Crippen LogP contribution in [0.4, 0.5) is 0 Å². The van der Waals surface area contributed by atoms with Gasteiger partial charge in [0.2, 0.25) is 0 Å². The van der Waals surface area contributed by atoms with Crippen molar-refractivity contribution in [2.75, 3.05) is 26.3 Å². The highest BCUT2D eigenvalue weighted by molar-refractivity contribution is 5.67. The molecule has 0 saturated carbocycles. The topological polar surface area (TPSA) is 49.8 Å². The predicted molar refractivity (Wildman–Crippen MR) is 57.9 cm³/mol. The Kier molecular flexibility index (Phi) is 5.05. The lowest BCUT2D eigenvalue weighted by Crippen LogP contribution is -2.45. The van der Waals surface area contributed by atoms with Crippen LogP contribution in [0.3, 0.4) is 0 Å². The van der Waals surface area contributed by atoms with Crippen molar-refractivity contribution in [3.63, 3.8) is 0 Å². The van der Waals surface area contributed by atoms with Gasteiger partial charge in [-0.05, 0) is 12.3 Å². The van der Waals surface area contributed by atoms with Crippen LogP contribution in [0.5, 0.6) is 0 Å². The SMILES string of the molecule is CC(C)CC(CC(=O)O)N1CCOCC1. The molecule has 15 heavy (non-hydrogen) atoms. The molecule has 0 aromatic carbocycles. The first-order valence-corrected chi connectivity index (χ1v) is 5.63. The van der Waals surface area contributed by atoms with Crippen molar-refractivity contribution in [2.45, 2.75) is 32.7 Å². The fourth-order valence-electron chi connectivity index (χ4n) is 2.05. The minimum absolute atomic E-state index is 0.173. The van der Waals surface area contributed by atoms with Crippen molar-refractivity contribution in [2.24, 2.45) is 5.92 Å². The highest BCUT2D eigenvalue weighted by Crippen LogP contribution is 2.16. The molecule has 0 radical (unpaired) electrons. The van der Waals surface area contributed by atoms with E-state index in [2.05, 4.69) is 18.7 Å². The van der Waals surface area contributed by atoms with Crippen molar-refractivity contribution in [1.82, 2.24) is 4.90 Å². The Morgan fingerprint density at radius 3 is 2.47 bits per heavy atom. The minimum Gasteiger partial charge on any atom is -0.481 e. The van der Waals surface area contributed by atoms with Crippen LogP contribution < -0.4 is 0 Å². The summed E-state index contributed by atoms with van der Waals surface area (Å²) >= 11 is 0. The molecule has 1 aliphatic heterocycles. The summed E-state index contributed by atoms with van der Waals surface area (Å²) in [7, 11) is 0. The van der Waals surface area contributed by atoms with E-state index in [9.17, 15) is 4.79 Å². The zero-order valence-corrected chi connectivity index (χ0v) is 9.61. The average Bonchev–Trinajstić information content (AvgIpc) is 2.17. The third kappa shape index (κ3) is 4.62. The van der Waals surface area contributed by atoms with Crippen molar-refractivity contribution in [3.8, 4) is 0 Å². The molecule has 0 aromatic heterocycles. The maximum atomic E-state index is 10.8. The normalized spacial score (nSPS) is 20.5. The Bertz CT molecular complexity index is 200. The lowest BCUT2D eigenvalue weighted by atomic mass is 9.99. The third-order valence-electron chi connectivity index (χ3n) is 2.72. The molecule has 0 aromatic rings. The summed E-state index contributed by atoms with van der Waals surface area (Å²) in [4.78, 5) is 13.0. The zero-order chi connectivity index (χ0) is 11.3. The number of aliphatic carboxylic acids is 1. The highest BCUT2D eigenvalue weighted by Gasteiger charge is 2.23. The maximum Gasteiger partial charge on any atom is 0.304 e. The number of rotatable bonds is 5. The molecular weight excluding hydrogens is 194 g/mol. The second-order valence-electron chi connectivity index (χ2n) is 4.53. The first-order valence-electron chi connectivity index (χ1n) is 5.63. The number of carboxylic acids is 1. The van der Waals surface area contributed by atoms with Gasteiger partial charge in [-0.1, -0.05) is 13.8 Å². The zero-order valence-electron chi connectivity index (χ0n) is 9.61. The Morgan fingerprint density at radius 1 is 1.40 bits per heavy atom. The van der Waals surface area contributed by atoms with Gasteiger partial charge < -0.3 is 9.84 Å². The fraction of sp³-hybridized carbons (Fsp3) is 0.909. The molecule has 1 N–H and O–H groups in total. The van der Waals surface area contributed by atoms with E-state index in [-0.39, 0.29) is 12.5 Å². The van der Waals surface area contributed by atoms with Crippen LogP contribution in [0.15, 0.2) is 0 Å². The molecular formula is C11H21NO3. The molecule has 0 bridgehead atoms. The van der Waals surface area contributed by atoms with E-state index in [1.807, 2.05) is 0 Å². The van der Waals surface area contributed by atoms with Gasteiger partial charge in [0.15, 0.2) is 0 Å². The Morgan fingerprint density at radius 2 is 2.00 bits per heavy atom. The average molecular weight is 215 g/mol. The second-order valence-corrected chi connectivity index (χ2v) is 4.53. The maximum absolute atomic E-state index is 10.8. The van der Waals surface area contributed by atoms with Crippen LogP contribution >= 0.6 is 0 Å². The van der Waals surface area contributed by atoms with E-state index in [0.29, 0.717) is 5.92 Å². The first-order chi connectivity index (χ1) is 7.09. The van der Waals surface area contributed by atoms with Crippen LogP contribution in [0.25, 0.3) is 0 Å². The quantitative estimate of drug-likeness (QED) is 0.749. The summed E-state index contributed by atoms with van der Waals surface area (Å²) in [5, 5.41) is 8.87. The third-order valence-corrected chi connectivity index (χ3v) is 2.72. The van der Waals surface area contributed by atoms with Gasteiger partial charge in [-0.15, -0.1) is 0 Å². The molecule has 88 valence electrons. The number of hydrogen-bond donors (Lipinski definition) is 1. The summed E-state index contributed by atoms with van der Waals surface area (Å²) < 4.78 is 5.27. The first kappa shape index (κ1) is 12.5. The van der Waals surface area contributed by atoms with Crippen LogP contribution in [0.1, 0.15) is 26.7 Å². The van der Waals surface area contributed by atoms with E-state index in [1.165, 1.54) is 0 Å². The summed E-state index contributed by atoms with van der Waals surface area (Å²) in [5.41, 5.74) is 0. The molecule has 1 atom stereocenters. The Labute approximate surface area is 91.2 Å². The van der Waals surface area contributed by atoms with Gasteiger partial charge in [0.1, 0.15) is 0 Å². The number of hydrogen-bond acceptors (Lipinski definition) is 3. The molecule has 1 fully saturated rings. The number of morpholine rings is 1. The van der Waals surface area contributed by atoms with Crippen LogP contribution in [-0.2, 0) is 9.53 Å². The molecule has 4 heteroatoms. The Hall–Kier alpha value is -0.610. The molecule has 0 spiro atoms. The molecule has 1 heterocycles. The van der Waals surface area contributed by atoms with Gasteiger partial charge in [-0.3, -0.25) is 9.69 Å². The molecule has 1 aliphatic rings. The van der Waals surface area contributed by atoms with Crippen molar-refractivity contribution in [3.05, 3.63) is 0 Å². The molecule has 0 aliphatic carbocycles. The van der Waals surface area contributed by atoms with Gasteiger partial charge in [0.05, 0.1) is 19.6 Å². The lowest BCUT2D eigenvalue weighted by molar-refractivity contribution is -0.139. The molecule has 0 amide bonds. The molecule has 1 unspecified atom stereocenters. The minimum atomic E-state index is -0.702. The summed E-state index contributed by atoms with van der Waals surface area (Å²) in [5.74, 6) is -0.163. The van der Waals surface area contributed by atoms with Gasteiger partial charge in [0.25, 0.3) is 0 Å². The number of nitrogens with zero attached hydrogens (tertiary/aromatic N) is 1. The molecule has 1 saturated heterocycles. The predicted octanol–water partition coefficient (Wildman–Crippen LogP) is 1.21. The van der Waals surface area contributed by atoms with E-state index in [4.69, 9.17) is 9.84 Å². The van der Waals surface area contributed by atoms with E-state index in [0.717, 1.165) is 32.7 Å². The van der Waals surface area contributed by atoms with Gasteiger partial charge in [0, 0.05) is 19.1 Å². The van der Waals surface area contributed by atoms with Crippen molar-refractivity contribution < 1.29 is 14.6 Å². The number of carbonyl (C=O) groups is 1. The summed E-state index contributed by atoms with van der Waals surface area (Å²) in [6, 6.07) is 0.173. The van der Waals surface area contributed by atoms with E-state index < -0.39 is 5.97 Å². The molecule has 4 nitrogen and oxygen atoms in total. The van der Waals surface area contributed by atoms with Crippen LogP contribution in [0, 0.1) is 5.92 Å². The van der Waals surface area contributed by atoms with Crippen molar-refractivity contribution >= 4 is 5.97 Å². The summed E-state index contributed by atoms with van der Waals surface area (Å²) in [6.07, 6.45) is 1.20. The van der Waals surface area contributed by atoms with Crippen molar-refractivity contribution in [1.29, 1.82) is 0 Å². The highest BCUT2D eigenvalue weighted by atomic mass is 16.5. The fourth-order valence-corrected chi connectivity index (χ4v) is 2.05. The lowest BCUT2D eigenvalue weighted by Gasteiger charge is -2.34. The van der Waals surface area contributed by atoms with E-state index in [1.54, 1.807) is 0 Å². The van der Waals surface area contributed by atoms with Crippen LogP contribution in [-0.4, -0.2) is 48.3 Å². The smallest absolute Gasteiger partial charge is 0.304 e. The summed E-state index contributed by atoms with van der Waals surface area (Å²) in [6.45, 7) is 7.46. The van der Waals surface area contributed by atoms with E-state index >= 15 is 0 Å². The number of carboxylic acid groups (broad SMARTS) is 1. The number of ether oxygens (including phenoxy) is 1. The Balaban J connectivity index is 2.48. The monoisotopic (exact) mass is 215 g/mol. The van der Waals surface area contributed by atoms with Gasteiger partial charge in [-0.2, -0.15) is 0 Å². The van der Waals surface area contributed by atoms with Gasteiger partial charge in [-0.25, -0.2) is 0 Å². The molecule has 1 rings (SSSR count). The second kappa shape index (κ2) is 6.08. The van der Waals surface area contributed by atoms with Crippen LogP contribution in [0.2, 0.25) is 0 Å². The largest absolute Gasteiger partial charge is 0.481 e.